The number of hydrogen-bond donors (Lipinski definition) is 1. The predicted molar refractivity (Wildman–Crippen MR) is 119 cm³/mol. The third-order valence-electron chi connectivity index (χ3n) is 5.30. The van der Waals surface area contributed by atoms with E-state index in [0.29, 0.717) is 19.4 Å². The van der Waals surface area contributed by atoms with Gasteiger partial charge in [-0.3, -0.25) is 9.59 Å². The third kappa shape index (κ3) is 6.74. The van der Waals surface area contributed by atoms with E-state index in [1.165, 1.54) is 0 Å². The fourth-order valence-corrected chi connectivity index (χ4v) is 3.35. The number of nitrogens with one attached hydrogen (secondary N) is 1. The van der Waals surface area contributed by atoms with E-state index in [4.69, 9.17) is 0 Å². The number of rotatable bonds is 9. The van der Waals surface area contributed by atoms with Gasteiger partial charge in [-0.2, -0.15) is 0 Å². The van der Waals surface area contributed by atoms with Gasteiger partial charge in [0.05, 0.1) is 6.42 Å². The van der Waals surface area contributed by atoms with Crippen molar-refractivity contribution in [2.24, 2.45) is 0 Å². The van der Waals surface area contributed by atoms with Crippen LogP contribution < -0.4 is 5.32 Å². The van der Waals surface area contributed by atoms with E-state index >= 15 is 0 Å². The first-order valence-electron chi connectivity index (χ1n) is 10.5. The van der Waals surface area contributed by atoms with Gasteiger partial charge >= 0.3 is 0 Å². The Balaban J connectivity index is 2.28. The minimum Gasteiger partial charge on any atom is -0.352 e. The van der Waals surface area contributed by atoms with Gasteiger partial charge in [-0.1, -0.05) is 73.5 Å². The van der Waals surface area contributed by atoms with Crippen molar-refractivity contribution < 1.29 is 9.59 Å². The van der Waals surface area contributed by atoms with Crippen LogP contribution >= 0.6 is 0 Å². The number of benzene rings is 2. The lowest BCUT2D eigenvalue weighted by molar-refractivity contribution is -0.141. The fraction of sp³-hybridized carbons (Fsp3) is 0.440. The quantitative estimate of drug-likeness (QED) is 0.677. The van der Waals surface area contributed by atoms with Crippen LogP contribution in [-0.4, -0.2) is 28.8 Å². The van der Waals surface area contributed by atoms with Gasteiger partial charge in [-0.05, 0) is 44.7 Å². The van der Waals surface area contributed by atoms with Crippen LogP contribution in [-0.2, 0) is 22.6 Å². The molecule has 0 heterocycles. The van der Waals surface area contributed by atoms with Gasteiger partial charge in [0, 0.05) is 12.6 Å². The molecular formula is C25H34N2O2. The molecule has 4 nitrogen and oxygen atoms in total. The van der Waals surface area contributed by atoms with E-state index in [-0.39, 0.29) is 17.9 Å². The van der Waals surface area contributed by atoms with Crippen LogP contribution in [0.25, 0.3) is 0 Å². The van der Waals surface area contributed by atoms with Crippen LogP contribution in [0.5, 0.6) is 0 Å². The molecule has 0 aromatic heterocycles. The molecule has 1 N–H and O–H groups in total. The SMILES string of the molecule is CC[C@@H](C)NC(=O)[C@@H](CC)N(Cc1cccc(C)c1)C(=O)Cc1ccc(C)cc1. The lowest BCUT2D eigenvalue weighted by Crippen LogP contribution is -2.51. The van der Waals surface area contributed by atoms with Crippen molar-refractivity contribution in [1.29, 1.82) is 0 Å². The maximum absolute atomic E-state index is 13.3. The average molecular weight is 395 g/mol. The second-order valence-corrected chi connectivity index (χ2v) is 7.91. The van der Waals surface area contributed by atoms with Crippen LogP contribution in [0.2, 0.25) is 0 Å². The molecule has 0 saturated heterocycles. The molecule has 2 rings (SSSR count). The van der Waals surface area contributed by atoms with Gasteiger partial charge in [0.15, 0.2) is 0 Å². The summed E-state index contributed by atoms with van der Waals surface area (Å²) in [6, 6.07) is 15.7. The molecule has 0 aliphatic heterocycles. The van der Waals surface area contributed by atoms with Gasteiger partial charge in [0.2, 0.25) is 11.8 Å². The van der Waals surface area contributed by atoms with Crippen LogP contribution in [0, 0.1) is 13.8 Å². The Kier molecular flexibility index (Phi) is 8.44. The number of hydrogen-bond acceptors (Lipinski definition) is 2. The number of amides is 2. The largest absolute Gasteiger partial charge is 0.352 e. The highest BCUT2D eigenvalue weighted by molar-refractivity contribution is 5.88. The summed E-state index contributed by atoms with van der Waals surface area (Å²) in [5, 5.41) is 3.05. The minimum absolute atomic E-state index is 0.0264. The van der Waals surface area contributed by atoms with Crippen molar-refractivity contribution >= 4 is 11.8 Å². The highest BCUT2D eigenvalue weighted by Crippen LogP contribution is 2.16. The Bertz CT molecular complexity index is 814. The molecule has 0 fully saturated rings. The van der Waals surface area contributed by atoms with E-state index in [1.54, 1.807) is 4.90 Å². The van der Waals surface area contributed by atoms with E-state index in [9.17, 15) is 9.59 Å². The monoisotopic (exact) mass is 394 g/mol. The maximum Gasteiger partial charge on any atom is 0.243 e. The molecule has 4 heteroatoms. The highest BCUT2D eigenvalue weighted by atomic mass is 16.2. The van der Waals surface area contributed by atoms with E-state index in [0.717, 1.165) is 28.7 Å². The van der Waals surface area contributed by atoms with E-state index in [1.807, 2.05) is 77.1 Å². The Morgan fingerprint density at radius 1 is 0.931 bits per heavy atom. The molecule has 0 radical (unpaired) electrons. The topological polar surface area (TPSA) is 49.4 Å². The van der Waals surface area contributed by atoms with Crippen LogP contribution in [0.4, 0.5) is 0 Å². The summed E-state index contributed by atoms with van der Waals surface area (Å²) in [4.78, 5) is 28.0. The zero-order chi connectivity index (χ0) is 21.4. The summed E-state index contributed by atoms with van der Waals surface area (Å²) in [5.74, 6) is -0.103. The Morgan fingerprint density at radius 2 is 1.62 bits per heavy atom. The van der Waals surface area contributed by atoms with Crippen molar-refractivity contribution in [3.8, 4) is 0 Å². The molecule has 0 aliphatic rings. The molecule has 2 amide bonds. The zero-order valence-corrected chi connectivity index (χ0v) is 18.4. The van der Waals surface area contributed by atoms with Crippen LogP contribution in [0.15, 0.2) is 48.5 Å². The summed E-state index contributed by atoms with van der Waals surface area (Å²) in [7, 11) is 0. The summed E-state index contributed by atoms with van der Waals surface area (Å²) in [5.41, 5.74) is 4.31. The number of nitrogens with zero attached hydrogens (tertiary/aromatic N) is 1. The van der Waals surface area contributed by atoms with Crippen LogP contribution in [0.3, 0.4) is 0 Å². The Labute approximate surface area is 175 Å². The number of carbonyl (C=O) groups is 2. The molecule has 0 bridgehead atoms. The first-order valence-corrected chi connectivity index (χ1v) is 10.5. The smallest absolute Gasteiger partial charge is 0.243 e. The number of aryl methyl sites for hydroxylation is 2. The summed E-state index contributed by atoms with van der Waals surface area (Å²) in [6.07, 6.45) is 1.73. The zero-order valence-electron chi connectivity index (χ0n) is 18.4. The molecule has 2 aromatic carbocycles. The molecule has 29 heavy (non-hydrogen) atoms. The van der Waals surface area contributed by atoms with Crippen LogP contribution in [0.1, 0.15) is 55.9 Å². The second-order valence-electron chi connectivity index (χ2n) is 7.91. The first kappa shape index (κ1) is 22.7. The molecule has 0 saturated carbocycles. The summed E-state index contributed by atoms with van der Waals surface area (Å²) in [6.45, 7) is 10.5. The van der Waals surface area contributed by atoms with Crippen molar-refractivity contribution in [2.75, 3.05) is 0 Å². The highest BCUT2D eigenvalue weighted by Gasteiger charge is 2.29. The molecule has 2 atom stereocenters. The second kappa shape index (κ2) is 10.8. The standard InChI is InChI=1S/C25H34N2O2/c1-6-20(5)26-25(29)23(7-2)27(17-22-10-8-9-19(4)15-22)24(28)16-21-13-11-18(3)12-14-21/h8-15,20,23H,6-7,16-17H2,1-5H3,(H,26,29)/t20-,23-/m1/s1. The van der Waals surface area contributed by atoms with Gasteiger partial charge in [-0.15, -0.1) is 0 Å². The Hall–Kier alpha value is -2.62. The minimum atomic E-state index is -0.484. The lowest BCUT2D eigenvalue weighted by Gasteiger charge is -2.31. The van der Waals surface area contributed by atoms with E-state index in [2.05, 4.69) is 11.4 Å². The lowest BCUT2D eigenvalue weighted by atomic mass is 10.0. The van der Waals surface area contributed by atoms with Gasteiger partial charge in [-0.25, -0.2) is 0 Å². The first-order chi connectivity index (χ1) is 13.8. The van der Waals surface area contributed by atoms with Crippen molar-refractivity contribution in [3.63, 3.8) is 0 Å². The Morgan fingerprint density at radius 3 is 2.21 bits per heavy atom. The molecule has 156 valence electrons. The third-order valence-corrected chi connectivity index (χ3v) is 5.30. The van der Waals surface area contributed by atoms with Crippen molar-refractivity contribution in [2.45, 2.75) is 72.5 Å². The fourth-order valence-electron chi connectivity index (χ4n) is 3.35. The predicted octanol–water partition coefficient (Wildman–Crippen LogP) is 4.57. The summed E-state index contributed by atoms with van der Waals surface area (Å²) >= 11 is 0. The van der Waals surface area contributed by atoms with Gasteiger partial charge in [0.25, 0.3) is 0 Å². The number of carbonyl (C=O) groups excluding carboxylic acids is 2. The normalized spacial score (nSPS) is 12.9. The average Bonchev–Trinajstić information content (AvgIpc) is 2.69. The van der Waals surface area contributed by atoms with Crippen molar-refractivity contribution in [1.82, 2.24) is 10.2 Å². The molecule has 0 aliphatic carbocycles. The molecule has 2 aromatic rings. The summed E-state index contributed by atoms with van der Waals surface area (Å²) < 4.78 is 0. The van der Waals surface area contributed by atoms with Gasteiger partial charge in [0.1, 0.15) is 6.04 Å². The van der Waals surface area contributed by atoms with Gasteiger partial charge < -0.3 is 10.2 Å². The van der Waals surface area contributed by atoms with Crippen molar-refractivity contribution in [3.05, 3.63) is 70.8 Å². The van der Waals surface area contributed by atoms with E-state index < -0.39 is 6.04 Å². The molecular weight excluding hydrogens is 360 g/mol. The molecule has 0 unspecified atom stereocenters. The maximum atomic E-state index is 13.3. The molecule has 0 spiro atoms.